The maximum absolute atomic E-state index is 5.27. The van der Waals surface area contributed by atoms with E-state index in [4.69, 9.17) is 4.74 Å². The Balaban J connectivity index is 2.97. The van der Waals surface area contributed by atoms with Crippen LogP contribution in [-0.2, 0) is 4.74 Å². The molecule has 0 aromatic carbocycles. The number of ether oxygens (including phenoxy) is 1. The monoisotopic (exact) mass is 293 g/mol. The van der Waals surface area contributed by atoms with Gasteiger partial charge >= 0.3 is 0 Å². The number of hydrogen-bond acceptors (Lipinski definition) is 4. The highest BCUT2D eigenvalue weighted by atomic mass is 16.5. The molecule has 21 heavy (non-hydrogen) atoms. The van der Waals surface area contributed by atoms with Crippen molar-refractivity contribution in [2.45, 2.75) is 52.6 Å². The highest BCUT2D eigenvalue weighted by Crippen LogP contribution is 2.22. The zero-order chi connectivity index (χ0) is 15.7. The molecule has 0 bridgehead atoms. The minimum Gasteiger partial charge on any atom is -0.383 e. The summed E-state index contributed by atoms with van der Waals surface area (Å²) in [6.45, 7) is 11.4. The van der Waals surface area contributed by atoms with Crippen molar-refractivity contribution in [2.75, 3.05) is 31.7 Å². The molecule has 120 valence electrons. The molecule has 4 nitrogen and oxygen atoms in total. The summed E-state index contributed by atoms with van der Waals surface area (Å²) in [5.41, 5.74) is 1.29. The van der Waals surface area contributed by atoms with Crippen LogP contribution in [0.2, 0.25) is 0 Å². The van der Waals surface area contributed by atoms with Crippen LogP contribution < -0.4 is 10.2 Å². The average molecular weight is 293 g/mol. The van der Waals surface area contributed by atoms with E-state index in [-0.39, 0.29) is 0 Å². The molecule has 0 aliphatic carbocycles. The molecule has 0 saturated carbocycles. The average Bonchev–Trinajstić information content (AvgIpc) is 2.52. The fraction of sp³-hybridized carbons (Fsp3) is 0.706. The Bertz CT molecular complexity index is 393. The summed E-state index contributed by atoms with van der Waals surface area (Å²) in [5.74, 6) is 1.06. The Morgan fingerprint density at radius 1 is 1.29 bits per heavy atom. The third-order valence-electron chi connectivity index (χ3n) is 3.99. The second-order valence-corrected chi connectivity index (χ2v) is 5.38. The van der Waals surface area contributed by atoms with Crippen LogP contribution in [0.15, 0.2) is 18.3 Å². The van der Waals surface area contributed by atoms with E-state index in [1.807, 2.05) is 6.20 Å². The Labute approximate surface area is 129 Å². The molecule has 0 saturated heterocycles. The van der Waals surface area contributed by atoms with Gasteiger partial charge in [-0.15, -0.1) is 0 Å². The molecule has 4 heteroatoms. The molecule has 1 atom stereocenters. The van der Waals surface area contributed by atoms with Crippen molar-refractivity contribution in [3.63, 3.8) is 0 Å². The predicted octanol–water partition coefficient (Wildman–Crippen LogP) is 3.39. The summed E-state index contributed by atoms with van der Waals surface area (Å²) in [6, 6.07) is 5.17. The highest BCUT2D eigenvalue weighted by Gasteiger charge is 2.17. The fourth-order valence-corrected chi connectivity index (χ4v) is 2.69. The molecule has 0 aliphatic rings. The zero-order valence-electron chi connectivity index (χ0n) is 14.2. The number of aromatic nitrogens is 1. The minimum absolute atomic E-state index is 0.350. The van der Waals surface area contributed by atoms with Gasteiger partial charge in [-0.1, -0.05) is 20.8 Å². The largest absolute Gasteiger partial charge is 0.383 e. The van der Waals surface area contributed by atoms with Crippen molar-refractivity contribution in [1.29, 1.82) is 0 Å². The molecule has 1 N–H and O–H groups in total. The Kier molecular flexibility index (Phi) is 8.31. The molecule has 1 unspecified atom stereocenters. The summed E-state index contributed by atoms with van der Waals surface area (Å²) in [6.07, 6.45) is 4.16. The van der Waals surface area contributed by atoms with E-state index in [0.29, 0.717) is 12.1 Å². The standard InChI is InChI=1S/C17H31N3O/c1-6-16(7-2)20(11-12-21-5)17-13-15(9-10-19-17)14(4)18-8-3/h9-10,13-14,16,18H,6-8,11-12H2,1-5H3. The first-order valence-corrected chi connectivity index (χ1v) is 8.12. The minimum atomic E-state index is 0.350. The third kappa shape index (κ3) is 5.29. The molecule has 1 heterocycles. The number of nitrogens with zero attached hydrogens (tertiary/aromatic N) is 2. The molecular weight excluding hydrogens is 262 g/mol. The number of pyridine rings is 1. The zero-order valence-corrected chi connectivity index (χ0v) is 14.2. The van der Waals surface area contributed by atoms with Crippen molar-refractivity contribution >= 4 is 5.82 Å². The lowest BCUT2D eigenvalue weighted by atomic mass is 10.1. The Morgan fingerprint density at radius 3 is 2.57 bits per heavy atom. The van der Waals surface area contributed by atoms with Crippen LogP contribution in [0.3, 0.4) is 0 Å². The Hall–Kier alpha value is -1.13. The van der Waals surface area contributed by atoms with Crippen molar-refractivity contribution in [1.82, 2.24) is 10.3 Å². The van der Waals surface area contributed by atoms with Gasteiger partial charge in [-0.05, 0) is 44.0 Å². The summed E-state index contributed by atoms with van der Waals surface area (Å²) in [5, 5.41) is 3.46. The van der Waals surface area contributed by atoms with E-state index >= 15 is 0 Å². The fourth-order valence-electron chi connectivity index (χ4n) is 2.69. The maximum atomic E-state index is 5.27. The first-order chi connectivity index (χ1) is 10.2. The van der Waals surface area contributed by atoms with Gasteiger partial charge in [0.1, 0.15) is 5.82 Å². The predicted molar refractivity (Wildman–Crippen MR) is 89.9 cm³/mol. The van der Waals surface area contributed by atoms with Crippen LogP contribution in [0.25, 0.3) is 0 Å². The van der Waals surface area contributed by atoms with E-state index in [2.05, 4.69) is 55.0 Å². The van der Waals surface area contributed by atoms with Crippen LogP contribution in [0.4, 0.5) is 5.82 Å². The molecule has 1 aromatic rings. The molecule has 0 aliphatic heterocycles. The van der Waals surface area contributed by atoms with Gasteiger partial charge in [0.05, 0.1) is 6.61 Å². The van der Waals surface area contributed by atoms with Crippen LogP contribution in [0, 0.1) is 0 Å². The number of rotatable bonds is 10. The van der Waals surface area contributed by atoms with Crippen molar-refractivity contribution < 1.29 is 4.74 Å². The number of methoxy groups -OCH3 is 1. The molecule has 0 fully saturated rings. The maximum Gasteiger partial charge on any atom is 0.129 e. The first-order valence-electron chi connectivity index (χ1n) is 8.12. The van der Waals surface area contributed by atoms with E-state index in [9.17, 15) is 0 Å². The van der Waals surface area contributed by atoms with Crippen LogP contribution in [0.1, 0.15) is 52.1 Å². The van der Waals surface area contributed by atoms with Gasteiger partial charge in [-0.3, -0.25) is 0 Å². The van der Waals surface area contributed by atoms with Gasteiger partial charge in [-0.25, -0.2) is 4.98 Å². The smallest absolute Gasteiger partial charge is 0.129 e. The second kappa shape index (κ2) is 9.74. The topological polar surface area (TPSA) is 37.4 Å². The van der Waals surface area contributed by atoms with Crippen LogP contribution >= 0.6 is 0 Å². The molecular formula is C17H31N3O. The summed E-state index contributed by atoms with van der Waals surface area (Å²) in [7, 11) is 1.75. The molecule has 1 rings (SSSR count). The highest BCUT2D eigenvalue weighted by molar-refractivity contribution is 5.43. The normalized spacial score (nSPS) is 12.7. The Morgan fingerprint density at radius 2 is 2.00 bits per heavy atom. The first kappa shape index (κ1) is 17.9. The lowest BCUT2D eigenvalue weighted by Crippen LogP contribution is -2.37. The van der Waals surface area contributed by atoms with Gasteiger partial charge in [0.25, 0.3) is 0 Å². The summed E-state index contributed by atoms with van der Waals surface area (Å²) < 4.78 is 5.27. The van der Waals surface area contributed by atoms with E-state index in [0.717, 1.165) is 38.4 Å². The summed E-state index contributed by atoms with van der Waals surface area (Å²) in [4.78, 5) is 6.98. The lowest BCUT2D eigenvalue weighted by molar-refractivity contribution is 0.202. The molecule has 0 spiro atoms. The van der Waals surface area contributed by atoms with Crippen molar-refractivity contribution in [3.05, 3.63) is 23.9 Å². The van der Waals surface area contributed by atoms with Gasteiger partial charge in [0, 0.05) is 31.9 Å². The number of nitrogens with one attached hydrogen (secondary N) is 1. The van der Waals surface area contributed by atoms with Crippen LogP contribution in [0.5, 0.6) is 0 Å². The van der Waals surface area contributed by atoms with Crippen molar-refractivity contribution in [2.24, 2.45) is 0 Å². The van der Waals surface area contributed by atoms with Gasteiger partial charge < -0.3 is 15.0 Å². The van der Waals surface area contributed by atoms with E-state index < -0.39 is 0 Å². The third-order valence-corrected chi connectivity index (χ3v) is 3.99. The SMILES string of the molecule is CCNC(C)c1ccnc(N(CCOC)C(CC)CC)c1. The quantitative estimate of drug-likeness (QED) is 0.717. The van der Waals surface area contributed by atoms with Gasteiger partial charge in [0.15, 0.2) is 0 Å². The van der Waals surface area contributed by atoms with E-state index in [1.54, 1.807) is 7.11 Å². The van der Waals surface area contributed by atoms with Gasteiger partial charge in [-0.2, -0.15) is 0 Å². The van der Waals surface area contributed by atoms with Gasteiger partial charge in [0.2, 0.25) is 0 Å². The van der Waals surface area contributed by atoms with E-state index in [1.165, 1.54) is 5.56 Å². The second-order valence-electron chi connectivity index (χ2n) is 5.38. The number of hydrogen-bond donors (Lipinski definition) is 1. The molecule has 1 aromatic heterocycles. The number of anilines is 1. The van der Waals surface area contributed by atoms with Crippen LogP contribution in [-0.4, -0.2) is 37.8 Å². The molecule has 0 amide bonds. The van der Waals surface area contributed by atoms with Crippen molar-refractivity contribution in [3.8, 4) is 0 Å². The lowest BCUT2D eigenvalue weighted by Gasteiger charge is -2.32. The summed E-state index contributed by atoms with van der Waals surface area (Å²) >= 11 is 0. The molecule has 0 radical (unpaired) electrons.